The summed E-state index contributed by atoms with van der Waals surface area (Å²) < 4.78 is 10.7. The standard InChI is InChI=1S/C27H30N4O4S/c1-19(29-27(33)26(32)28-17-20-9-10-22-23(16-20)35-18-34-22)25(24-8-5-15-36-24)31-13-11-30(12-14-31)21-6-3-2-4-7-21/h2-10,15-16,19,25H,11-14,17-18H2,1H3,(H,28,32)(H,29,33)/t19-,25+/m1/s1. The van der Waals surface area contributed by atoms with Gasteiger partial charge in [-0.3, -0.25) is 14.5 Å². The van der Waals surface area contributed by atoms with E-state index in [2.05, 4.69) is 56.1 Å². The second kappa shape index (κ2) is 11.0. The Hall–Kier alpha value is -3.56. The Morgan fingerprint density at radius 1 is 0.944 bits per heavy atom. The number of amides is 2. The third-order valence-corrected chi connectivity index (χ3v) is 7.54. The molecular weight excluding hydrogens is 476 g/mol. The topological polar surface area (TPSA) is 83.1 Å². The Morgan fingerprint density at radius 2 is 1.72 bits per heavy atom. The minimum absolute atomic E-state index is 0.00599. The lowest BCUT2D eigenvalue weighted by Crippen LogP contribution is -2.53. The van der Waals surface area contributed by atoms with E-state index in [1.54, 1.807) is 17.4 Å². The maximum absolute atomic E-state index is 12.8. The summed E-state index contributed by atoms with van der Waals surface area (Å²) in [6.45, 7) is 5.94. The first kappa shape index (κ1) is 24.1. The van der Waals surface area contributed by atoms with E-state index in [-0.39, 0.29) is 25.4 Å². The molecule has 1 fully saturated rings. The Morgan fingerprint density at radius 3 is 2.47 bits per heavy atom. The Bertz CT molecular complexity index is 1180. The number of para-hydroxylation sites is 1. The molecule has 0 spiro atoms. The SMILES string of the molecule is C[C@@H](NC(=O)C(=O)NCc1ccc2c(c1)OCO2)[C@@H](c1cccs1)N1CCN(c2ccccc2)CC1. The third kappa shape index (κ3) is 5.47. The van der Waals surface area contributed by atoms with Crippen molar-refractivity contribution in [3.05, 3.63) is 76.5 Å². The van der Waals surface area contributed by atoms with E-state index in [1.807, 2.05) is 31.2 Å². The zero-order chi connectivity index (χ0) is 24.9. The zero-order valence-electron chi connectivity index (χ0n) is 20.2. The van der Waals surface area contributed by atoms with E-state index in [1.165, 1.54) is 10.6 Å². The number of piperazine rings is 1. The number of rotatable bonds is 7. The van der Waals surface area contributed by atoms with Crippen LogP contribution in [0.25, 0.3) is 0 Å². The zero-order valence-corrected chi connectivity index (χ0v) is 21.0. The van der Waals surface area contributed by atoms with Crippen LogP contribution in [0.15, 0.2) is 66.0 Å². The van der Waals surface area contributed by atoms with Gasteiger partial charge in [-0.05, 0) is 48.2 Å². The van der Waals surface area contributed by atoms with Crippen LogP contribution in [0.2, 0.25) is 0 Å². The van der Waals surface area contributed by atoms with Gasteiger partial charge in [-0.25, -0.2) is 0 Å². The lowest BCUT2D eigenvalue weighted by molar-refractivity contribution is -0.140. The van der Waals surface area contributed by atoms with Crippen LogP contribution in [0.4, 0.5) is 5.69 Å². The largest absolute Gasteiger partial charge is 0.454 e. The monoisotopic (exact) mass is 506 g/mol. The molecule has 0 radical (unpaired) electrons. The fraction of sp³-hybridized carbons (Fsp3) is 0.333. The molecule has 1 aromatic heterocycles. The number of carbonyl (C=O) groups is 2. The van der Waals surface area contributed by atoms with Crippen LogP contribution >= 0.6 is 11.3 Å². The Labute approximate surface area is 214 Å². The summed E-state index contributed by atoms with van der Waals surface area (Å²) in [5.74, 6) is 0.0397. The van der Waals surface area contributed by atoms with E-state index in [0.717, 1.165) is 31.7 Å². The predicted octanol–water partition coefficient (Wildman–Crippen LogP) is 3.16. The molecule has 3 heterocycles. The molecule has 1 saturated heterocycles. The fourth-order valence-corrected chi connectivity index (χ4v) is 5.73. The molecule has 36 heavy (non-hydrogen) atoms. The summed E-state index contributed by atoms with van der Waals surface area (Å²) in [6, 6.07) is 19.8. The number of fused-ring (bicyclic) bond motifs is 1. The lowest BCUT2D eigenvalue weighted by atomic mass is 10.0. The van der Waals surface area contributed by atoms with Crippen molar-refractivity contribution in [1.82, 2.24) is 15.5 Å². The van der Waals surface area contributed by atoms with Gasteiger partial charge in [0, 0.05) is 49.3 Å². The third-order valence-electron chi connectivity index (χ3n) is 6.59. The highest BCUT2D eigenvalue weighted by molar-refractivity contribution is 7.10. The summed E-state index contributed by atoms with van der Waals surface area (Å²) in [7, 11) is 0. The van der Waals surface area contributed by atoms with Gasteiger partial charge in [0.1, 0.15) is 0 Å². The van der Waals surface area contributed by atoms with Crippen molar-refractivity contribution in [3.63, 3.8) is 0 Å². The van der Waals surface area contributed by atoms with Gasteiger partial charge >= 0.3 is 11.8 Å². The van der Waals surface area contributed by atoms with Gasteiger partial charge in [-0.2, -0.15) is 0 Å². The van der Waals surface area contributed by atoms with Crippen molar-refractivity contribution >= 4 is 28.8 Å². The molecule has 0 aliphatic carbocycles. The number of hydrogen-bond acceptors (Lipinski definition) is 7. The highest BCUT2D eigenvalue weighted by atomic mass is 32.1. The maximum atomic E-state index is 12.8. The van der Waals surface area contributed by atoms with Gasteiger partial charge in [-0.15, -0.1) is 11.3 Å². The fourth-order valence-electron chi connectivity index (χ4n) is 4.76. The summed E-state index contributed by atoms with van der Waals surface area (Å²) in [4.78, 5) is 31.3. The molecule has 2 aliphatic rings. The maximum Gasteiger partial charge on any atom is 0.309 e. The predicted molar refractivity (Wildman–Crippen MR) is 139 cm³/mol. The van der Waals surface area contributed by atoms with Gasteiger partial charge in [0.05, 0.1) is 6.04 Å². The van der Waals surface area contributed by atoms with E-state index in [0.29, 0.717) is 11.5 Å². The minimum Gasteiger partial charge on any atom is -0.454 e. The summed E-state index contributed by atoms with van der Waals surface area (Å²) in [5.41, 5.74) is 2.06. The molecule has 3 aromatic rings. The molecule has 2 aliphatic heterocycles. The van der Waals surface area contributed by atoms with Crippen LogP contribution in [0.3, 0.4) is 0 Å². The smallest absolute Gasteiger partial charge is 0.309 e. The van der Waals surface area contributed by atoms with Gasteiger partial charge in [-0.1, -0.05) is 30.3 Å². The number of anilines is 1. The number of thiophene rings is 1. The van der Waals surface area contributed by atoms with Crippen LogP contribution < -0.4 is 25.0 Å². The van der Waals surface area contributed by atoms with E-state index < -0.39 is 11.8 Å². The molecule has 0 unspecified atom stereocenters. The molecule has 5 rings (SSSR count). The van der Waals surface area contributed by atoms with Gasteiger partial charge < -0.3 is 25.0 Å². The molecule has 8 nitrogen and oxygen atoms in total. The summed E-state index contributed by atoms with van der Waals surface area (Å²) in [5, 5.41) is 7.70. The number of ether oxygens (including phenoxy) is 2. The van der Waals surface area contributed by atoms with Crippen LogP contribution in [-0.4, -0.2) is 55.7 Å². The van der Waals surface area contributed by atoms with Crippen LogP contribution in [-0.2, 0) is 16.1 Å². The van der Waals surface area contributed by atoms with Crippen LogP contribution in [0, 0.1) is 0 Å². The number of nitrogens with one attached hydrogen (secondary N) is 2. The van der Waals surface area contributed by atoms with Gasteiger partial charge in [0.25, 0.3) is 0 Å². The number of hydrogen-bond donors (Lipinski definition) is 2. The van der Waals surface area contributed by atoms with Gasteiger partial charge in [0.2, 0.25) is 6.79 Å². The average molecular weight is 507 g/mol. The minimum atomic E-state index is -0.654. The quantitative estimate of drug-likeness (QED) is 0.479. The molecule has 188 valence electrons. The highest BCUT2D eigenvalue weighted by Crippen LogP contribution is 2.32. The number of benzene rings is 2. The number of nitrogens with zero attached hydrogens (tertiary/aromatic N) is 2. The van der Waals surface area contributed by atoms with Gasteiger partial charge in [0.15, 0.2) is 11.5 Å². The first-order chi connectivity index (χ1) is 17.6. The first-order valence-corrected chi connectivity index (χ1v) is 13.0. The van der Waals surface area contributed by atoms with E-state index in [9.17, 15) is 9.59 Å². The normalized spacial score (nSPS) is 16.9. The molecule has 9 heteroatoms. The molecule has 2 aromatic carbocycles. The second-order valence-electron chi connectivity index (χ2n) is 8.95. The van der Waals surface area contributed by atoms with Crippen molar-refractivity contribution in [2.24, 2.45) is 0 Å². The van der Waals surface area contributed by atoms with Crippen molar-refractivity contribution in [2.45, 2.75) is 25.6 Å². The lowest BCUT2D eigenvalue weighted by Gasteiger charge is -2.42. The highest BCUT2D eigenvalue weighted by Gasteiger charge is 2.32. The Kier molecular flexibility index (Phi) is 7.39. The molecule has 0 bridgehead atoms. The summed E-state index contributed by atoms with van der Waals surface area (Å²) in [6.07, 6.45) is 0. The van der Waals surface area contributed by atoms with Crippen molar-refractivity contribution in [1.29, 1.82) is 0 Å². The molecule has 0 saturated carbocycles. The number of carbonyl (C=O) groups excluding carboxylic acids is 2. The molecule has 2 amide bonds. The van der Waals surface area contributed by atoms with Crippen molar-refractivity contribution < 1.29 is 19.1 Å². The van der Waals surface area contributed by atoms with Crippen molar-refractivity contribution in [3.8, 4) is 11.5 Å². The van der Waals surface area contributed by atoms with E-state index in [4.69, 9.17) is 9.47 Å². The van der Waals surface area contributed by atoms with Crippen LogP contribution in [0.1, 0.15) is 23.4 Å². The van der Waals surface area contributed by atoms with Crippen molar-refractivity contribution in [2.75, 3.05) is 37.9 Å². The molecular formula is C27H30N4O4S. The summed E-state index contributed by atoms with van der Waals surface area (Å²) >= 11 is 1.67. The molecule has 2 N–H and O–H groups in total. The van der Waals surface area contributed by atoms with E-state index >= 15 is 0 Å². The first-order valence-electron chi connectivity index (χ1n) is 12.1. The Balaban J connectivity index is 1.18. The van der Waals surface area contributed by atoms with Crippen LogP contribution in [0.5, 0.6) is 11.5 Å². The second-order valence-corrected chi connectivity index (χ2v) is 9.93. The average Bonchev–Trinajstić information content (AvgIpc) is 3.60. The molecule has 2 atom stereocenters.